The van der Waals surface area contributed by atoms with Crippen molar-refractivity contribution < 1.29 is 29.9 Å². The van der Waals surface area contributed by atoms with E-state index in [2.05, 4.69) is 75.5 Å². The summed E-state index contributed by atoms with van der Waals surface area (Å²) in [6.07, 6.45) is 11.1. The Labute approximate surface area is 193 Å². The summed E-state index contributed by atoms with van der Waals surface area (Å²) in [4.78, 5) is 18.0. The maximum absolute atomic E-state index is 9.04. The van der Waals surface area contributed by atoms with Gasteiger partial charge in [0.25, 0.3) is 0 Å². The van der Waals surface area contributed by atoms with Crippen LogP contribution in [0.1, 0.15) is 65.4 Å². The second kappa shape index (κ2) is 14.8. The van der Waals surface area contributed by atoms with E-state index in [0.29, 0.717) is 0 Å². The van der Waals surface area contributed by atoms with Gasteiger partial charge in [0.1, 0.15) is 0 Å². The Bertz CT molecular complexity index is 687. The van der Waals surface area contributed by atoms with Crippen molar-refractivity contribution in [1.82, 2.24) is 0 Å². The molecule has 2 atom stereocenters. The minimum atomic E-state index is -2.07. The Balaban J connectivity index is 0.000000751. The third kappa shape index (κ3) is 12.6. The van der Waals surface area contributed by atoms with Crippen LogP contribution in [-0.4, -0.2) is 42.3 Å². The Kier molecular flexibility index (Phi) is 12.9. The molecule has 6 heteroatoms. The first kappa shape index (κ1) is 27.9. The first-order chi connectivity index (χ1) is 15.1. The lowest BCUT2D eigenvalue weighted by atomic mass is 9.75. The second-order valence-corrected chi connectivity index (χ2v) is 9.60. The van der Waals surface area contributed by atoms with Crippen molar-refractivity contribution in [3.8, 4) is 0 Å². The number of benzene rings is 1. The topological polar surface area (TPSA) is 103 Å². The molecule has 0 saturated carbocycles. The Morgan fingerprint density at radius 1 is 1.22 bits per heavy atom. The quantitative estimate of drug-likeness (QED) is 0.424. The predicted octanol–water partition coefficient (Wildman–Crippen LogP) is 2.73. The standard InChI is InChI=1S/C24H39NO.C2H2O4/c1-20(2)12-13-22(23-15-18-26-24(3,4)19-23)14-17-25-16-8-11-21-9-6-5-7-10-21;3-1(4)2(5)6/h5-11,20,22-23,25H,12-19H2,1-4H3;(H,3,4)(H,5,6)/b11-8+;. The van der Waals surface area contributed by atoms with E-state index >= 15 is 0 Å². The molecule has 3 N–H and O–H groups in total. The summed E-state index contributed by atoms with van der Waals surface area (Å²) < 4.78 is 5.95. The normalized spacial score (nSPS) is 18.7. The molecule has 2 unspecified atom stereocenters. The summed E-state index contributed by atoms with van der Waals surface area (Å²) in [5.74, 6) is -1.51. The molecule has 0 aromatic heterocycles. The van der Waals surface area contributed by atoms with Gasteiger partial charge in [0.2, 0.25) is 0 Å². The van der Waals surface area contributed by atoms with Gasteiger partial charge in [-0.25, -0.2) is 4.79 Å². The fourth-order valence-electron chi connectivity index (χ4n) is 4.16. The Morgan fingerprint density at radius 2 is 1.88 bits per heavy atom. The van der Waals surface area contributed by atoms with Gasteiger partial charge >= 0.3 is 5.97 Å². The van der Waals surface area contributed by atoms with E-state index in [-0.39, 0.29) is 5.60 Å². The summed E-state index contributed by atoms with van der Waals surface area (Å²) in [6.45, 7) is 12.5. The van der Waals surface area contributed by atoms with E-state index in [4.69, 9.17) is 24.5 Å². The third-order valence-corrected chi connectivity index (χ3v) is 5.85. The molecule has 32 heavy (non-hydrogen) atoms. The number of rotatable bonds is 10. The lowest BCUT2D eigenvalue weighted by Crippen LogP contribution is -2.84. The zero-order valence-corrected chi connectivity index (χ0v) is 20.1. The summed E-state index contributed by atoms with van der Waals surface area (Å²) in [7, 11) is 0. The number of carboxylic acid groups (broad SMARTS) is 2. The summed E-state index contributed by atoms with van der Waals surface area (Å²) in [5.41, 5.74) is 1.36. The highest BCUT2D eigenvalue weighted by atomic mass is 16.5. The highest BCUT2D eigenvalue weighted by Crippen LogP contribution is 2.36. The van der Waals surface area contributed by atoms with Gasteiger partial charge in [0, 0.05) is 6.61 Å². The minimum absolute atomic E-state index is 0.0706. The zero-order chi connectivity index (χ0) is 24.0. The van der Waals surface area contributed by atoms with Crippen LogP contribution < -0.4 is 10.4 Å². The number of carboxylic acids is 2. The van der Waals surface area contributed by atoms with Crippen molar-refractivity contribution in [2.24, 2.45) is 17.8 Å². The molecule has 1 aliphatic rings. The van der Waals surface area contributed by atoms with E-state index in [1.165, 1.54) is 44.2 Å². The number of ether oxygens (including phenoxy) is 1. The molecular formula is C26H41NO5. The highest BCUT2D eigenvalue weighted by Gasteiger charge is 2.33. The molecule has 1 heterocycles. The van der Waals surface area contributed by atoms with Crippen molar-refractivity contribution in [1.29, 1.82) is 0 Å². The van der Waals surface area contributed by atoms with E-state index in [1.807, 2.05) is 0 Å². The van der Waals surface area contributed by atoms with Gasteiger partial charge in [-0.1, -0.05) is 56.7 Å². The van der Waals surface area contributed by atoms with Crippen molar-refractivity contribution in [2.75, 3.05) is 19.7 Å². The molecule has 2 rings (SSSR count). The molecule has 0 aliphatic carbocycles. The van der Waals surface area contributed by atoms with E-state index in [0.717, 1.165) is 30.9 Å². The van der Waals surface area contributed by atoms with Crippen LogP contribution >= 0.6 is 0 Å². The first-order valence-electron chi connectivity index (χ1n) is 11.7. The second-order valence-electron chi connectivity index (χ2n) is 9.60. The maximum atomic E-state index is 9.04. The van der Waals surface area contributed by atoms with Crippen LogP contribution in [-0.2, 0) is 14.3 Å². The molecular weight excluding hydrogens is 406 g/mol. The zero-order valence-electron chi connectivity index (χ0n) is 20.1. The number of carbonyl (C=O) groups excluding carboxylic acids is 1. The summed E-state index contributed by atoms with van der Waals surface area (Å²) in [6, 6.07) is 10.6. The minimum Gasteiger partial charge on any atom is -0.539 e. The molecule has 1 aliphatic heterocycles. The van der Waals surface area contributed by atoms with Crippen LogP contribution in [0.2, 0.25) is 0 Å². The van der Waals surface area contributed by atoms with Crippen LogP contribution in [0.15, 0.2) is 36.4 Å². The number of hydrogen-bond donors (Lipinski definition) is 2. The van der Waals surface area contributed by atoms with Gasteiger partial charge in [0.15, 0.2) is 5.97 Å². The van der Waals surface area contributed by atoms with Gasteiger partial charge in [-0.3, -0.25) is 0 Å². The van der Waals surface area contributed by atoms with Gasteiger partial charge in [-0.2, -0.15) is 0 Å². The van der Waals surface area contributed by atoms with E-state index < -0.39 is 11.9 Å². The maximum Gasteiger partial charge on any atom is 0.351 e. The van der Waals surface area contributed by atoms with Crippen LogP contribution in [0.25, 0.3) is 6.08 Å². The number of aliphatic carboxylic acids is 2. The number of hydrogen-bond acceptors (Lipinski definition) is 4. The molecule has 180 valence electrons. The van der Waals surface area contributed by atoms with Gasteiger partial charge in [-0.05, 0) is 68.9 Å². The van der Waals surface area contributed by atoms with Crippen LogP contribution in [0.5, 0.6) is 0 Å². The SMILES string of the molecule is CC(C)CCC(CC[NH2+]C/C=C/c1ccccc1)C1CCOC(C)(C)C1.O=C([O-])C(=O)O. The number of nitrogens with two attached hydrogens (primary N) is 1. The molecule has 6 nitrogen and oxygen atoms in total. The van der Waals surface area contributed by atoms with Crippen LogP contribution in [0.3, 0.4) is 0 Å². The Hall–Kier alpha value is -2.18. The molecule has 1 aromatic rings. The van der Waals surface area contributed by atoms with Crippen LogP contribution in [0, 0.1) is 17.8 Å². The lowest BCUT2D eigenvalue weighted by Gasteiger charge is -2.39. The highest BCUT2D eigenvalue weighted by molar-refractivity contribution is 6.26. The summed E-state index contributed by atoms with van der Waals surface area (Å²) in [5, 5.41) is 18.8. The fraction of sp³-hybridized carbons (Fsp3) is 0.615. The molecule has 1 saturated heterocycles. The van der Waals surface area contributed by atoms with Gasteiger partial charge < -0.3 is 25.1 Å². The predicted molar refractivity (Wildman–Crippen MR) is 125 cm³/mol. The molecule has 1 fully saturated rings. The molecule has 0 radical (unpaired) electrons. The van der Waals surface area contributed by atoms with Crippen molar-refractivity contribution in [3.05, 3.63) is 42.0 Å². The third-order valence-electron chi connectivity index (χ3n) is 5.85. The fourth-order valence-corrected chi connectivity index (χ4v) is 4.16. The van der Waals surface area contributed by atoms with Gasteiger partial charge in [-0.15, -0.1) is 0 Å². The van der Waals surface area contributed by atoms with Crippen LogP contribution in [0.4, 0.5) is 0 Å². The monoisotopic (exact) mass is 447 g/mol. The summed E-state index contributed by atoms with van der Waals surface area (Å²) >= 11 is 0. The average Bonchev–Trinajstić information content (AvgIpc) is 2.73. The van der Waals surface area contributed by atoms with Crippen molar-refractivity contribution in [2.45, 2.75) is 65.4 Å². The smallest absolute Gasteiger partial charge is 0.351 e. The van der Waals surface area contributed by atoms with E-state index in [1.54, 1.807) is 0 Å². The van der Waals surface area contributed by atoms with E-state index in [9.17, 15) is 0 Å². The average molecular weight is 448 g/mol. The molecule has 0 bridgehead atoms. The number of quaternary nitrogens is 1. The van der Waals surface area contributed by atoms with Gasteiger partial charge in [0.05, 0.1) is 18.7 Å². The molecule has 1 aromatic carbocycles. The largest absolute Gasteiger partial charge is 0.539 e. The first-order valence-corrected chi connectivity index (χ1v) is 11.7. The van der Waals surface area contributed by atoms with Crippen molar-refractivity contribution >= 4 is 18.0 Å². The Morgan fingerprint density at radius 3 is 2.44 bits per heavy atom. The molecule has 0 amide bonds. The van der Waals surface area contributed by atoms with Crippen molar-refractivity contribution in [3.63, 3.8) is 0 Å². The molecule has 0 spiro atoms. The number of carbonyl (C=O) groups is 2. The lowest BCUT2D eigenvalue weighted by molar-refractivity contribution is -0.647.